The van der Waals surface area contributed by atoms with Gasteiger partial charge >= 0.3 is 0 Å². The average Bonchev–Trinajstić information content (AvgIpc) is 2.89. The fourth-order valence-electron chi connectivity index (χ4n) is 1.81. The molecule has 94 valence electrons. The van der Waals surface area contributed by atoms with E-state index < -0.39 is 0 Å². The number of morpholine rings is 1. The van der Waals surface area contributed by atoms with Gasteiger partial charge in [-0.2, -0.15) is 0 Å². The highest BCUT2D eigenvalue weighted by Crippen LogP contribution is 2.06. The fourth-order valence-corrected chi connectivity index (χ4v) is 1.81. The number of hydrogen-bond donors (Lipinski definition) is 1. The van der Waals surface area contributed by atoms with Gasteiger partial charge in [0.2, 0.25) is 5.91 Å². The van der Waals surface area contributed by atoms with Crippen LogP contribution >= 0.6 is 0 Å². The highest BCUT2D eigenvalue weighted by atomic mass is 16.5. The molecular weight excluding hydrogens is 222 g/mol. The van der Waals surface area contributed by atoms with Crippen LogP contribution < -0.4 is 5.73 Å². The van der Waals surface area contributed by atoms with E-state index in [0.717, 1.165) is 0 Å². The molecular formula is C10H17N5O2. The molecule has 17 heavy (non-hydrogen) atoms. The van der Waals surface area contributed by atoms with E-state index in [1.807, 2.05) is 0 Å². The maximum absolute atomic E-state index is 11.9. The first-order chi connectivity index (χ1) is 8.29. The zero-order chi connectivity index (χ0) is 12.1. The molecule has 1 aromatic rings. The molecule has 7 nitrogen and oxygen atoms in total. The summed E-state index contributed by atoms with van der Waals surface area (Å²) in [5.74, 6) is 0.113. The van der Waals surface area contributed by atoms with Crippen LogP contribution in [0, 0.1) is 0 Å². The van der Waals surface area contributed by atoms with E-state index in [0.29, 0.717) is 39.2 Å². The van der Waals surface area contributed by atoms with Crippen molar-refractivity contribution in [3.63, 3.8) is 0 Å². The van der Waals surface area contributed by atoms with E-state index in [9.17, 15) is 4.79 Å². The molecule has 7 heteroatoms. The van der Waals surface area contributed by atoms with E-state index in [2.05, 4.69) is 10.3 Å². The van der Waals surface area contributed by atoms with Crippen molar-refractivity contribution >= 4 is 5.91 Å². The van der Waals surface area contributed by atoms with Crippen LogP contribution in [-0.4, -0.2) is 58.1 Å². The number of ether oxygens (including phenoxy) is 1. The predicted molar refractivity (Wildman–Crippen MR) is 60.0 cm³/mol. The smallest absolute Gasteiger partial charge is 0.224 e. The SMILES string of the molecule is NCC1CN(C(=O)CCn2ccnn2)CCO1. The number of carbonyl (C=O) groups excluding carboxylic acids is 1. The van der Waals surface area contributed by atoms with Crippen molar-refractivity contribution in [2.24, 2.45) is 5.73 Å². The quantitative estimate of drug-likeness (QED) is 0.717. The number of rotatable bonds is 4. The second-order valence-corrected chi connectivity index (χ2v) is 3.98. The molecule has 1 aliphatic heterocycles. The number of aryl methyl sites for hydroxylation is 1. The molecule has 1 amide bonds. The van der Waals surface area contributed by atoms with E-state index in [-0.39, 0.29) is 12.0 Å². The largest absolute Gasteiger partial charge is 0.373 e. The van der Waals surface area contributed by atoms with Crippen molar-refractivity contribution in [3.8, 4) is 0 Å². The molecule has 0 bridgehead atoms. The Labute approximate surface area is 99.5 Å². The van der Waals surface area contributed by atoms with Crippen LogP contribution in [0.2, 0.25) is 0 Å². The zero-order valence-electron chi connectivity index (χ0n) is 9.66. The Hall–Kier alpha value is -1.47. The normalized spacial score (nSPS) is 20.5. The van der Waals surface area contributed by atoms with E-state index in [4.69, 9.17) is 10.5 Å². The summed E-state index contributed by atoms with van der Waals surface area (Å²) in [5.41, 5.74) is 5.53. The van der Waals surface area contributed by atoms with E-state index >= 15 is 0 Å². The van der Waals surface area contributed by atoms with Gasteiger partial charge in [0.1, 0.15) is 0 Å². The Kier molecular flexibility index (Phi) is 4.05. The lowest BCUT2D eigenvalue weighted by Gasteiger charge is -2.32. The molecule has 1 aliphatic rings. The molecule has 2 N–H and O–H groups in total. The maximum Gasteiger partial charge on any atom is 0.224 e. The Morgan fingerprint density at radius 1 is 1.59 bits per heavy atom. The highest BCUT2D eigenvalue weighted by Gasteiger charge is 2.22. The number of nitrogens with two attached hydrogens (primary N) is 1. The topological polar surface area (TPSA) is 86.3 Å². The molecule has 0 spiro atoms. The summed E-state index contributed by atoms with van der Waals surface area (Å²) in [6.07, 6.45) is 3.75. The lowest BCUT2D eigenvalue weighted by Crippen LogP contribution is -2.48. The molecule has 0 saturated carbocycles. The van der Waals surface area contributed by atoms with Gasteiger partial charge < -0.3 is 15.4 Å². The minimum atomic E-state index is -0.0286. The van der Waals surface area contributed by atoms with Gasteiger partial charge in [-0.3, -0.25) is 9.48 Å². The first kappa shape index (κ1) is 12.0. The van der Waals surface area contributed by atoms with Gasteiger partial charge in [-0.05, 0) is 0 Å². The molecule has 1 unspecified atom stereocenters. The van der Waals surface area contributed by atoms with Crippen molar-refractivity contribution in [1.82, 2.24) is 19.9 Å². The Bertz CT molecular complexity index is 354. The summed E-state index contributed by atoms with van der Waals surface area (Å²) >= 11 is 0. The molecule has 1 saturated heterocycles. The first-order valence-corrected chi connectivity index (χ1v) is 5.73. The van der Waals surface area contributed by atoms with Crippen LogP contribution in [0.4, 0.5) is 0 Å². The third kappa shape index (κ3) is 3.24. The van der Waals surface area contributed by atoms with Crippen LogP contribution in [0.5, 0.6) is 0 Å². The maximum atomic E-state index is 11.9. The van der Waals surface area contributed by atoms with Gasteiger partial charge in [-0.1, -0.05) is 5.21 Å². The van der Waals surface area contributed by atoms with Crippen molar-refractivity contribution < 1.29 is 9.53 Å². The lowest BCUT2D eigenvalue weighted by atomic mass is 10.2. The van der Waals surface area contributed by atoms with Crippen LogP contribution in [0.3, 0.4) is 0 Å². The second-order valence-electron chi connectivity index (χ2n) is 3.98. The van der Waals surface area contributed by atoms with Gasteiger partial charge in [-0.15, -0.1) is 5.10 Å². The monoisotopic (exact) mass is 239 g/mol. The van der Waals surface area contributed by atoms with E-state index in [1.54, 1.807) is 22.0 Å². The number of nitrogens with zero attached hydrogens (tertiary/aromatic N) is 4. The summed E-state index contributed by atoms with van der Waals surface area (Å²) in [5, 5.41) is 7.51. The number of amides is 1. The van der Waals surface area contributed by atoms with E-state index in [1.165, 1.54) is 0 Å². The lowest BCUT2D eigenvalue weighted by molar-refractivity contribution is -0.138. The van der Waals surface area contributed by atoms with Gasteiger partial charge in [0.05, 0.1) is 25.5 Å². The number of carbonyl (C=O) groups is 1. The molecule has 1 fully saturated rings. The van der Waals surface area contributed by atoms with Crippen LogP contribution in [-0.2, 0) is 16.1 Å². The number of aromatic nitrogens is 3. The molecule has 1 atom stereocenters. The summed E-state index contributed by atoms with van der Waals surface area (Å²) < 4.78 is 7.06. The fraction of sp³-hybridized carbons (Fsp3) is 0.700. The third-order valence-electron chi connectivity index (χ3n) is 2.78. The van der Waals surface area contributed by atoms with Crippen molar-refractivity contribution in [2.45, 2.75) is 19.1 Å². The third-order valence-corrected chi connectivity index (χ3v) is 2.78. The predicted octanol–water partition coefficient (Wildman–Crippen LogP) is -1.15. The zero-order valence-corrected chi connectivity index (χ0v) is 9.66. The Morgan fingerprint density at radius 2 is 2.47 bits per heavy atom. The minimum absolute atomic E-state index is 0.0286. The summed E-state index contributed by atoms with van der Waals surface area (Å²) in [6.45, 7) is 2.81. The number of hydrogen-bond acceptors (Lipinski definition) is 5. The molecule has 0 aromatic carbocycles. The van der Waals surface area contributed by atoms with Crippen molar-refractivity contribution in [3.05, 3.63) is 12.4 Å². The van der Waals surface area contributed by atoms with Crippen molar-refractivity contribution in [2.75, 3.05) is 26.2 Å². The molecule has 2 heterocycles. The first-order valence-electron chi connectivity index (χ1n) is 5.73. The average molecular weight is 239 g/mol. The minimum Gasteiger partial charge on any atom is -0.373 e. The molecule has 1 aromatic heterocycles. The summed E-state index contributed by atoms with van der Waals surface area (Å²) in [4.78, 5) is 13.7. The van der Waals surface area contributed by atoms with Gasteiger partial charge in [0.25, 0.3) is 0 Å². The Morgan fingerprint density at radius 3 is 3.18 bits per heavy atom. The molecule has 0 aliphatic carbocycles. The molecule has 0 radical (unpaired) electrons. The second kappa shape index (κ2) is 5.74. The summed E-state index contributed by atoms with van der Waals surface area (Å²) in [7, 11) is 0. The van der Waals surface area contributed by atoms with Crippen LogP contribution in [0.1, 0.15) is 6.42 Å². The highest BCUT2D eigenvalue weighted by molar-refractivity contribution is 5.76. The standard InChI is InChI=1S/C10H17N5O2/c11-7-9-8-14(5-6-17-9)10(16)1-3-15-4-2-12-13-15/h2,4,9H,1,3,5-8,11H2. The van der Waals surface area contributed by atoms with Crippen LogP contribution in [0.25, 0.3) is 0 Å². The Balaban J connectivity index is 1.79. The molecule has 2 rings (SSSR count). The van der Waals surface area contributed by atoms with Gasteiger partial charge in [0, 0.05) is 32.3 Å². The summed E-state index contributed by atoms with van der Waals surface area (Å²) in [6, 6.07) is 0. The van der Waals surface area contributed by atoms with Gasteiger partial charge in [0.15, 0.2) is 0 Å². The van der Waals surface area contributed by atoms with Crippen LogP contribution in [0.15, 0.2) is 12.4 Å². The van der Waals surface area contributed by atoms with Crippen molar-refractivity contribution in [1.29, 1.82) is 0 Å². The van der Waals surface area contributed by atoms with Gasteiger partial charge in [-0.25, -0.2) is 0 Å².